The van der Waals surface area contributed by atoms with Crippen LogP contribution in [0.25, 0.3) is 0 Å². The molecule has 7 heteroatoms. The molecule has 0 N–H and O–H groups in total. The normalized spacial score (nSPS) is 22.4. The zero-order valence-corrected chi connectivity index (χ0v) is 15.1. The van der Waals surface area contributed by atoms with Gasteiger partial charge in [0.05, 0.1) is 12.5 Å². The van der Waals surface area contributed by atoms with Gasteiger partial charge in [0.15, 0.2) is 0 Å². The Balaban J connectivity index is 1.75. The van der Waals surface area contributed by atoms with Crippen molar-refractivity contribution in [3.8, 4) is 0 Å². The predicted molar refractivity (Wildman–Crippen MR) is 97.3 cm³/mol. The lowest BCUT2D eigenvalue weighted by Crippen LogP contribution is -2.54. The predicted octanol–water partition coefficient (Wildman–Crippen LogP) is 0.204. The van der Waals surface area contributed by atoms with Gasteiger partial charge >= 0.3 is 5.97 Å². The molecule has 2 aliphatic heterocycles. The Bertz CT molecular complexity index is 687. The number of carbonyl (C=O) groups is 1. The van der Waals surface area contributed by atoms with Crippen LogP contribution in [0.1, 0.15) is 26.7 Å². The molecule has 7 nitrogen and oxygen atoms in total. The summed E-state index contributed by atoms with van der Waals surface area (Å²) in [5.41, 5.74) is 0.296. The van der Waals surface area contributed by atoms with Crippen LogP contribution in [-0.2, 0) is 9.53 Å². The van der Waals surface area contributed by atoms with E-state index in [4.69, 9.17) is 4.74 Å². The first-order valence-corrected chi connectivity index (χ1v) is 9.29. The number of anilines is 2. The zero-order valence-electron chi connectivity index (χ0n) is 15.1. The van der Waals surface area contributed by atoms with Gasteiger partial charge in [0.25, 0.3) is 10.9 Å². The number of piperidine rings is 1. The third-order valence-corrected chi connectivity index (χ3v) is 5.35. The highest BCUT2D eigenvalue weighted by molar-refractivity contribution is 5.79. The second kappa shape index (κ2) is 7.56. The van der Waals surface area contributed by atoms with Crippen molar-refractivity contribution in [2.75, 3.05) is 62.2 Å². The summed E-state index contributed by atoms with van der Waals surface area (Å²) in [5.74, 6) is -0.424. The molecule has 2 heterocycles. The highest BCUT2D eigenvalue weighted by atomic mass is 16.5. The van der Waals surface area contributed by atoms with Gasteiger partial charge in [-0.3, -0.25) is 14.4 Å². The first-order chi connectivity index (χ1) is 12.1. The van der Waals surface area contributed by atoms with Crippen LogP contribution in [0.15, 0.2) is 9.59 Å². The standard InChI is InChI=1S/C18H27N3O4/c1-3-19-8-10-20(11-9-19)14-15(17(23)16(14)22)21-7-5-6-13(12-21)18(24)25-4-2/h13H,3-12H2,1-2H3. The van der Waals surface area contributed by atoms with Crippen LogP contribution in [0.3, 0.4) is 0 Å². The minimum atomic E-state index is -0.405. The van der Waals surface area contributed by atoms with Crippen molar-refractivity contribution in [1.29, 1.82) is 0 Å². The quantitative estimate of drug-likeness (QED) is 0.556. The van der Waals surface area contributed by atoms with Gasteiger partial charge in [0, 0.05) is 39.3 Å². The monoisotopic (exact) mass is 349 g/mol. The average molecular weight is 349 g/mol. The lowest BCUT2D eigenvalue weighted by Gasteiger charge is -2.40. The minimum Gasteiger partial charge on any atom is -0.466 e. The second-order valence-corrected chi connectivity index (χ2v) is 6.81. The van der Waals surface area contributed by atoms with E-state index in [0.717, 1.165) is 45.6 Å². The summed E-state index contributed by atoms with van der Waals surface area (Å²) in [6.45, 7) is 9.80. The van der Waals surface area contributed by atoms with Crippen molar-refractivity contribution in [1.82, 2.24) is 4.90 Å². The Kier molecular flexibility index (Phi) is 5.42. The van der Waals surface area contributed by atoms with Crippen LogP contribution in [0.2, 0.25) is 0 Å². The largest absolute Gasteiger partial charge is 0.466 e. The molecule has 1 aromatic carbocycles. The molecule has 0 radical (unpaired) electrons. The van der Waals surface area contributed by atoms with E-state index in [1.165, 1.54) is 0 Å². The molecule has 0 bridgehead atoms. The van der Waals surface area contributed by atoms with Crippen LogP contribution >= 0.6 is 0 Å². The summed E-state index contributed by atoms with van der Waals surface area (Å²) < 4.78 is 5.13. The summed E-state index contributed by atoms with van der Waals surface area (Å²) in [7, 11) is 0. The summed E-state index contributed by atoms with van der Waals surface area (Å²) >= 11 is 0. The van der Waals surface area contributed by atoms with Crippen LogP contribution in [0, 0.1) is 5.92 Å². The van der Waals surface area contributed by atoms with E-state index >= 15 is 0 Å². The van der Waals surface area contributed by atoms with Crippen molar-refractivity contribution in [3.05, 3.63) is 20.4 Å². The maximum atomic E-state index is 12.2. The Morgan fingerprint density at radius 2 is 1.64 bits per heavy atom. The molecule has 138 valence electrons. The number of nitrogens with zero attached hydrogens (tertiary/aromatic N) is 3. The Morgan fingerprint density at radius 3 is 2.24 bits per heavy atom. The summed E-state index contributed by atoms with van der Waals surface area (Å²) in [6.07, 6.45) is 1.60. The van der Waals surface area contributed by atoms with Gasteiger partial charge in [0.2, 0.25) is 0 Å². The van der Waals surface area contributed by atoms with Gasteiger partial charge < -0.3 is 19.4 Å². The van der Waals surface area contributed by atoms with E-state index in [1.54, 1.807) is 6.92 Å². The smallest absolute Gasteiger partial charge is 0.310 e. The third-order valence-electron chi connectivity index (χ3n) is 5.35. The van der Waals surface area contributed by atoms with E-state index in [-0.39, 0.29) is 17.3 Å². The van der Waals surface area contributed by atoms with E-state index in [0.29, 0.717) is 31.1 Å². The van der Waals surface area contributed by atoms with Crippen LogP contribution < -0.4 is 20.7 Å². The summed E-state index contributed by atoms with van der Waals surface area (Å²) in [6, 6.07) is 0. The van der Waals surface area contributed by atoms with Crippen LogP contribution in [0.5, 0.6) is 0 Å². The number of hydrogen-bond acceptors (Lipinski definition) is 7. The fourth-order valence-corrected chi connectivity index (χ4v) is 3.87. The molecule has 1 atom stereocenters. The lowest BCUT2D eigenvalue weighted by molar-refractivity contribution is -0.148. The fraction of sp³-hybridized carbons (Fsp3) is 0.722. The van der Waals surface area contributed by atoms with E-state index in [2.05, 4.69) is 11.8 Å². The van der Waals surface area contributed by atoms with Crippen molar-refractivity contribution in [3.63, 3.8) is 0 Å². The number of piperazine rings is 1. The topological polar surface area (TPSA) is 70.2 Å². The highest BCUT2D eigenvalue weighted by Crippen LogP contribution is 2.29. The van der Waals surface area contributed by atoms with Crippen molar-refractivity contribution >= 4 is 17.3 Å². The lowest BCUT2D eigenvalue weighted by atomic mass is 9.96. The Morgan fingerprint density at radius 1 is 1.00 bits per heavy atom. The molecule has 2 fully saturated rings. The summed E-state index contributed by atoms with van der Waals surface area (Å²) in [4.78, 5) is 42.8. The first-order valence-electron chi connectivity index (χ1n) is 9.29. The van der Waals surface area contributed by atoms with Crippen molar-refractivity contribution in [2.45, 2.75) is 26.7 Å². The fourth-order valence-electron chi connectivity index (χ4n) is 3.87. The van der Waals surface area contributed by atoms with Crippen molar-refractivity contribution in [2.24, 2.45) is 5.92 Å². The maximum Gasteiger partial charge on any atom is 0.310 e. The van der Waals surface area contributed by atoms with Gasteiger partial charge in [-0.15, -0.1) is 0 Å². The summed E-state index contributed by atoms with van der Waals surface area (Å²) in [5, 5.41) is 0. The van der Waals surface area contributed by atoms with Gasteiger partial charge in [0.1, 0.15) is 11.4 Å². The number of rotatable bonds is 5. The van der Waals surface area contributed by atoms with E-state index in [1.807, 2.05) is 9.80 Å². The number of hydrogen-bond donors (Lipinski definition) is 0. The second-order valence-electron chi connectivity index (χ2n) is 6.81. The number of carbonyl (C=O) groups excluding carboxylic acids is 1. The highest BCUT2D eigenvalue weighted by Gasteiger charge is 2.35. The molecule has 0 aromatic heterocycles. The molecule has 25 heavy (non-hydrogen) atoms. The van der Waals surface area contributed by atoms with Gasteiger partial charge in [-0.25, -0.2) is 0 Å². The number of ether oxygens (including phenoxy) is 1. The Hall–Kier alpha value is -1.89. The molecule has 3 rings (SSSR count). The molecule has 2 aliphatic rings. The molecule has 1 aromatic rings. The molecule has 1 unspecified atom stereocenters. The maximum absolute atomic E-state index is 12.2. The molecule has 2 saturated heterocycles. The molecule has 0 aliphatic carbocycles. The number of esters is 1. The van der Waals surface area contributed by atoms with Gasteiger partial charge in [-0.1, -0.05) is 6.92 Å². The third kappa shape index (κ3) is 3.42. The first kappa shape index (κ1) is 17.9. The Labute approximate surface area is 147 Å². The molecule has 0 spiro atoms. The van der Waals surface area contributed by atoms with Crippen molar-refractivity contribution < 1.29 is 9.53 Å². The van der Waals surface area contributed by atoms with Crippen LogP contribution in [-0.4, -0.2) is 63.3 Å². The molecular weight excluding hydrogens is 322 g/mol. The molecular formula is C18H27N3O4. The van der Waals surface area contributed by atoms with Gasteiger partial charge in [-0.2, -0.15) is 0 Å². The van der Waals surface area contributed by atoms with Gasteiger partial charge in [-0.05, 0) is 26.3 Å². The number of likely N-dealkylation sites (N-methyl/N-ethyl adjacent to an activating group) is 1. The zero-order chi connectivity index (χ0) is 18.0. The molecule has 0 saturated carbocycles. The molecule has 0 amide bonds. The minimum absolute atomic E-state index is 0.205. The van der Waals surface area contributed by atoms with Crippen LogP contribution in [0.4, 0.5) is 11.4 Å². The van der Waals surface area contributed by atoms with E-state index in [9.17, 15) is 14.4 Å². The van der Waals surface area contributed by atoms with E-state index < -0.39 is 5.43 Å². The average Bonchev–Trinajstić information content (AvgIpc) is 2.65. The SMILES string of the molecule is CCOC(=O)C1CCCN(c2c(N3CCN(CC)CC3)c(=O)c2=O)C1.